The summed E-state index contributed by atoms with van der Waals surface area (Å²) in [5.41, 5.74) is 0.576. The number of amides is 2. The maximum absolute atomic E-state index is 13.8. The summed E-state index contributed by atoms with van der Waals surface area (Å²) in [5, 5.41) is 2.75. The Kier molecular flexibility index (Phi) is 7.52. The summed E-state index contributed by atoms with van der Waals surface area (Å²) in [7, 11) is 4.34. The van der Waals surface area contributed by atoms with Crippen LogP contribution in [0.25, 0.3) is 0 Å². The maximum atomic E-state index is 13.8. The fourth-order valence-electron chi connectivity index (χ4n) is 3.35. The first-order chi connectivity index (χ1) is 15.7. The lowest BCUT2D eigenvalue weighted by Gasteiger charge is -2.18. The Morgan fingerprint density at radius 2 is 1.76 bits per heavy atom. The van der Waals surface area contributed by atoms with Gasteiger partial charge in [-0.2, -0.15) is 0 Å². The molecule has 0 aliphatic heterocycles. The number of benzene rings is 2. The summed E-state index contributed by atoms with van der Waals surface area (Å²) >= 11 is 0. The van der Waals surface area contributed by atoms with Crippen molar-refractivity contribution in [2.45, 2.75) is 19.9 Å². The molecule has 1 aliphatic rings. The monoisotopic (exact) mass is 458 g/mol. The number of esters is 1. The second-order valence-electron chi connectivity index (χ2n) is 7.98. The van der Waals surface area contributed by atoms with Crippen LogP contribution < -0.4 is 14.8 Å². The van der Waals surface area contributed by atoms with Gasteiger partial charge >= 0.3 is 5.97 Å². The number of nitrogens with zero attached hydrogens (tertiary/aromatic N) is 1. The van der Waals surface area contributed by atoms with Crippen molar-refractivity contribution in [3.8, 4) is 11.5 Å². The summed E-state index contributed by atoms with van der Waals surface area (Å²) in [4.78, 5) is 38.9. The summed E-state index contributed by atoms with van der Waals surface area (Å²) in [6.07, 6.45) is 0.780. The Labute approximate surface area is 191 Å². The minimum atomic E-state index is -0.817. The van der Waals surface area contributed by atoms with Gasteiger partial charge in [0.25, 0.3) is 5.91 Å². The van der Waals surface area contributed by atoms with E-state index < -0.39 is 24.3 Å². The quantitative estimate of drug-likeness (QED) is 0.580. The van der Waals surface area contributed by atoms with Crippen molar-refractivity contribution in [2.24, 2.45) is 11.8 Å². The Bertz CT molecular complexity index is 1060. The Morgan fingerprint density at radius 1 is 1.12 bits per heavy atom. The van der Waals surface area contributed by atoms with E-state index >= 15 is 0 Å². The van der Waals surface area contributed by atoms with Crippen LogP contribution in [0, 0.1) is 17.7 Å². The molecule has 0 bridgehead atoms. The van der Waals surface area contributed by atoms with Crippen LogP contribution in [0.2, 0.25) is 0 Å². The molecule has 0 radical (unpaired) electrons. The molecule has 2 aromatic carbocycles. The van der Waals surface area contributed by atoms with Crippen LogP contribution >= 0.6 is 0 Å². The Balaban J connectivity index is 1.71. The van der Waals surface area contributed by atoms with E-state index in [4.69, 9.17) is 14.2 Å². The van der Waals surface area contributed by atoms with Crippen molar-refractivity contribution >= 4 is 23.5 Å². The zero-order valence-corrected chi connectivity index (χ0v) is 19.0. The first kappa shape index (κ1) is 24.0. The molecule has 2 unspecified atom stereocenters. The summed E-state index contributed by atoms with van der Waals surface area (Å²) in [5.74, 6) is -1.20. The Morgan fingerprint density at radius 3 is 2.36 bits per heavy atom. The fourth-order valence-corrected chi connectivity index (χ4v) is 3.35. The molecule has 1 N–H and O–H groups in total. The van der Waals surface area contributed by atoms with Gasteiger partial charge in [-0.25, -0.2) is 9.18 Å². The number of carbonyl (C=O) groups is 3. The SMILES string of the molecule is COc1cc(NC(=O)C2CC2C)c(C(=O)OCC(=O)N(C)Cc2ccccc2F)cc1OC. The second kappa shape index (κ2) is 10.3. The van der Waals surface area contributed by atoms with Crippen molar-refractivity contribution < 1.29 is 33.0 Å². The average Bonchev–Trinajstić information content (AvgIpc) is 3.54. The van der Waals surface area contributed by atoms with E-state index in [2.05, 4.69) is 5.32 Å². The molecular formula is C24H27FN2O6. The molecule has 2 aromatic rings. The van der Waals surface area contributed by atoms with Gasteiger partial charge in [0, 0.05) is 37.2 Å². The lowest BCUT2D eigenvalue weighted by Crippen LogP contribution is -2.31. The number of rotatable bonds is 9. The molecule has 33 heavy (non-hydrogen) atoms. The summed E-state index contributed by atoms with van der Waals surface area (Å²) in [6, 6.07) is 8.98. The van der Waals surface area contributed by atoms with Crippen LogP contribution in [-0.2, 0) is 20.9 Å². The molecule has 2 amide bonds. The molecule has 2 atom stereocenters. The van der Waals surface area contributed by atoms with Gasteiger partial charge in [-0.05, 0) is 18.4 Å². The number of nitrogens with one attached hydrogen (secondary N) is 1. The van der Waals surface area contributed by atoms with Crippen molar-refractivity contribution in [1.29, 1.82) is 0 Å². The maximum Gasteiger partial charge on any atom is 0.340 e. The molecule has 0 heterocycles. The number of anilines is 1. The topological polar surface area (TPSA) is 94.2 Å². The van der Waals surface area contributed by atoms with Crippen LogP contribution in [0.15, 0.2) is 36.4 Å². The average molecular weight is 458 g/mol. The van der Waals surface area contributed by atoms with Crippen LogP contribution in [-0.4, -0.2) is 50.6 Å². The second-order valence-corrected chi connectivity index (χ2v) is 7.98. The summed E-state index contributed by atoms with van der Waals surface area (Å²) in [6.45, 7) is 1.45. The largest absolute Gasteiger partial charge is 0.493 e. The lowest BCUT2D eigenvalue weighted by molar-refractivity contribution is -0.133. The molecular weight excluding hydrogens is 431 g/mol. The van der Waals surface area contributed by atoms with Gasteiger partial charge in [0.15, 0.2) is 18.1 Å². The Hall–Kier alpha value is -3.62. The van der Waals surface area contributed by atoms with Gasteiger partial charge < -0.3 is 24.4 Å². The molecule has 1 fully saturated rings. The number of carbonyl (C=O) groups excluding carboxylic acids is 3. The van der Waals surface area contributed by atoms with E-state index in [1.165, 1.54) is 44.4 Å². The molecule has 0 spiro atoms. The molecule has 0 aromatic heterocycles. The number of halogens is 1. The van der Waals surface area contributed by atoms with Gasteiger partial charge in [-0.15, -0.1) is 0 Å². The smallest absolute Gasteiger partial charge is 0.340 e. The van der Waals surface area contributed by atoms with Gasteiger partial charge in [0.2, 0.25) is 5.91 Å². The van der Waals surface area contributed by atoms with Crippen molar-refractivity contribution in [3.05, 3.63) is 53.3 Å². The zero-order chi connectivity index (χ0) is 24.1. The molecule has 0 saturated heterocycles. The van der Waals surface area contributed by atoms with Gasteiger partial charge in [0.05, 0.1) is 25.5 Å². The van der Waals surface area contributed by atoms with E-state index in [0.29, 0.717) is 11.3 Å². The van der Waals surface area contributed by atoms with Crippen molar-refractivity contribution in [3.63, 3.8) is 0 Å². The third-order valence-corrected chi connectivity index (χ3v) is 5.57. The van der Waals surface area contributed by atoms with E-state index in [9.17, 15) is 18.8 Å². The molecule has 176 valence electrons. The first-order valence-electron chi connectivity index (χ1n) is 10.5. The third kappa shape index (κ3) is 5.79. The van der Waals surface area contributed by atoms with E-state index in [0.717, 1.165) is 6.42 Å². The highest BCUT2D eigenvalue weighted by Crippen LogP contribution is 2.40. The highest BCUT2D eigenvalue weighted by molar-refractivity contribution is 6.03. The minimum absolute atomic E-state index is 0.0267. The normalized spacial score (nSPS) is 16.5. The van der Waals surface area contributed by atoms with Gasteiger partial charge in [0.1, 0.15) is 5.82 Å². The van der Waals surface area contributed by atoms with E-state index in [-0.39, 0.29) is 41.3 Å². The summed E-state index contributed by atoms with van der Waals surface area (Å²) < 4.78 is 29.6. The number of likely N-dealkylation sites (N-methyl/N-ethyl adjacent to an activating group) is 1. The van der Waals surface area contributed by atoms with E-state index in [1.807, 2.05) is 6.92 Å². The van der Waals surface area contributed by atoms with Crippen LogP contribution in [0.4, 0.5) is 10.1 Å². The molecule has 9 heteroatoms. The standard InChI is InChI=1S/C24H27FN2O6/c1-14-9-16(14)23(29)26-19-11-21(32-4)20(31-3)10-17(19)24(30)33-13-22(28)27(2)12-15-7-5-6-8-18(15)25/h5-8,10-11,14,16H,9,12-13H2,1-4H3,(H,26,29). The fraction of sp³-hybridized carbons (Fsp3) is 0.375. The molecule has 1 aliphatic carbocycles. The van der Waals surface area contributed by atoms with Gasteiger partial charge in [-0.3, -0.25) is 9.59 Å². The van der Waals surface area contributed by atoms with Crippen molar-refractivity contribution in [1.82, 2.24) is 4.90 Å². The zero-order valence-electron chi connectivity index (χ0n) is 19.0. The highest BCUT2D eigenvalue weighted by Gasteiger charge is 2.39. The third-order valence-electron chi connectivity index (χ3n) is 5.57. The van der Waals surface area contributed by atoms with Gasteiger partial charge in [-0.1, -0.05) is 25.1 Å². The minimum Gasteiger partial charge on any atom is -0.493 e. The highest BCUT2D eigenvalue weighted by atomic mass is 19.1. The lowest BCUT2D eigenvalue weighted by atomic mass is 10.1. The number of ether oxygens (including phenoxy) is 3. The molecule has 3 rings (SSSR count). The number of hydrogen-bond donors (Lipinski definition) is 1. The van der Waals surface area contributed by atoms with Crippen LogP contribution in [0.3, 0.4) is 0 Å². The first-order valence-corrected chi connectivity index (χ1v) is 10.5. The number of hydrogen-bond acceptors (Lipinski definition) is 6. The van der Waals surface area contributed by atoms with E-state index in [1.54, 1.807) is 18.2 Å². The predicted octanol–water partition coefficient (Wildman–Crippen LogP) is 3.25. The molecule has 1 saturated carbocycles. The molecule has 8 nitrogen and oxygen atoms in total. The number of methoxy groups -OCH3 is 2. The van der Waals surface area contributed by atoms with Crippen molar-refractivity contribution in [2.75, 3.05) is 33.2 Å². The predicted molar refractivity (Wildman–Crippen MR) is 119 cm³/mol. The van der Waals surface area contributed by atoms with Crippen LogP contribution in [0.1, 0.15) is 29.3 Å². The van der Waals surface area contributed by atoms with Crippen LogP contribution in [0.5, 0.6) is 11.5 Å².